The van der Waals surface area contributed by atoms with Crippen LogP contribution in [0, 0.1) is 0 Å². The van der Waals surface area contributed by atoms with E-state index in [0.29, 0.717) is 0 Å². The Bertz CT molecular complexity index is 124. The summed E-state index contributed by atoms with van der Waals surface area (Å²) >= 11 is 0. The van der Waals surface area contributed by atoms with E-state index < -0.39 is 0 Å². The van der Waals surface area contributed by atoms with Crippen molar-refractivity contribution < 1.29 is 0 Å². The molecule has 0 spiro atoms. The molecule has 0 radical (unpaired) electrons. The summed E-state index contributed by atoms with van der Waals surface area (Å²) in [6, 6.07) is 0. The summed E-state index contributed by atoms with van der Waals surface area (Å²) in [6.45, 7) is 0.937. The van der Waals surface area contributed by atoms with E-state index in [0.717, 1.165) is 13.0 Å². The Hall–Kier alpha value is -0.790. The second-order valence-corrected chi connectivity index (χ2v) is 1.75. The average molecular weight is 110 g/mol. The number of hydrogen-bond acceptors (Lipinski definition) is 2. The molecule has 0 aliphatic carbocycles. The highest BCUT2D eigenvalue weighted by Gasteiger charge is 1.93. The molecule has 8 heavy (non-hydrogen) atoms. The maximum atomic E-state index is 4.03. The van der Waals surface area contributed by atoms with Crippen LogP contribution in [0.3, 0.4) is 0 Å². The SMILES string of the molecule is CNC1=CC=NCC1. The Labute approximate surface area is 49.3 Å². The molecule has 0 saturated carbocycles. The van der Waals surface area contributed by atoms with E-state index in [1.165, 1.54) is 5.70 Å². The molecule has 1 heterocycles. The fourth-order valence-corrected chi connectivity index (χ4v) is 0.694. The van der Waals surface area contributed by atoms with Crippen LogP contribution in [0.15, 0.2) is 16.8 Å². The van der Waals surface area contributed by atoms with Crippen LogP contribution < -0.4 is 5.32 Å². The number of allylic oxidation sites excluding steroid dienone is 1. The van der Waals surface area contributed by atoms with Crippen LogP contribution in [0.25, 0.3) is 0 Å². The van der Waals surface area contributed by atoms with Gasteiger partial charge < -0.3 is 5.32 Å². The van der Waals surface area contributed by atoms with Gasteiger partial charge in [0.1, 0.15) is 0 Å². The fraction of sp³-hybridized carbons (Fsp3) is 0.500. The third-order valence-electron chi connectivity index (χ3n) is 1.21. The minimum absolute atomic E-state index is 0.937. The standard InChI is InChI=1S/C6H10N2/c1-7-6-2-4-8-5-3-6/h2,4,7H,3,5H2,1H3. The summed E-state index contributed by atoms with van der Waals surface area (Å²) in [6.07, 6.45) is 4.91. The van der Waals surface area contributed by atoms with E-state index in [1.54, 1.807) is 0 Å². The summed E-state index contributed by atoms with van der Waals surface area (Å²) < 4.78 is 0. The first-order valence-corrected chi connectivity index (χ1v) is 2.80. The van der Waals surface area contributed by atoms with Crippen molar-refractivity contribution in [2.45, 2.75) is 6.42 Å². The highest BCUT2D eigenvalue weighted by molar-refractivity contribution is 5.72. The molecule has 0 unspecified atom stereocenters. The van der Waals surface area contributed by atoms with Gasteiger partial charge in [0.2, 0.25) is 0 Å². The molecule has 0 amide bonds. The van der Waals surface area contributed by atoms with Crippen molar-refractivity contribution in [1.82, 2.24) is 5.32 Å². The number of hydrogen-bond donors (Lipinski definition) is 1. The third kappa shape index (κ3) is 1.09. The molecule has 2 heteroatoms. The third-order valence-corrected chi connectivity index (χ3v) is 1.21. The Kier molecular flexibility index (Phi) is 1.67. The van der Waals surface area contributed by atoms with Crippen molar-refractivity contribution in [3.05, 3.63) is 11.8 Å². The van der Waals surface area contributed by atoms with Crippen LogP contribution in [0.1, 0.15) is 6.42 Å². The van der Waals surface area contributed by atoms with Gasteiger partial charge in [0, 0.05) is 31.9 Å². The molecule has 0 aromatic carbocycles. The predicted octanol–water partition coefficient (Wildman–Crippen LogP) is 0.564. The molecule has 0 saturated heterocycles. The van der Waals surface area contributed by atoms with Crippen LogP contribution in [-0.2, 0) is 0 Å². The van der Waals surface area contributed by atoms with Gasteiger partial charge in [-0.3, -0.25) is 4.99 Å². The zero-order valence-electron chi connectivity index (χ0n) is 5.02. The number of rotatable bonds is 1. The van der Waals surface area contributed by atoms with Crippen molar-refractivity contribution in [2.75, 3.05) is 13.6 Å². The van der Waals surface area contributed by atoms with Crippen molar-refractivity contribution in [2.24, 2.45) is 4.99 Å². The molecule has 2 nitrogen and oxygen atoms in total. The molecule has 1 rings (SSSR count). The second kappa shape index (κ2) is 2.50. The molecular weight excluding hydrogens is 100 g/mol. The molecule has 0 bridgehead atoms. The van der Waals surface area contributed by atoms with E-state index in [4.69, 9.17) is 0 Å². The lowest BCUT2D eigenvalue weighted by Crippen LogP contribution is -2.09. The topological polar surface area (TPSA) is 24.4 Å². The first-order valence-electron chi connectivity index (χ1n) is 2.80. The van der Waals surface area contributed by atoms with Gasteiger partial charge in [-0.2, -0.15) is 0 Å². The number of nitrogens with zero attached hydrogens (tertiary/aromatic N) is 1. The molecule has 0 fully saturated rings. The number of nitrogens with one attached hydrogen (secondary N) is 1. The Morgan fingerprint density at radius 2 is 2.62 bits per heavy atom. The van der Waals surface area contributed by atoms with Crippen LogP contribution in [-0.4, -0.2) is 19.8 Å². The maximum absolute atomic E-state index is 4.03. The van der Waals surface area contributed by atoms with Crippen molar-refractivity contribution in [3.8, 4) is 0 Å². The minimum Gasteiger partial charge on any atom is -0.391 e. The van der Waals surface area contributed by atoms with Gasteiger partial charge in [-0.25, -0.2) is 0 Å². The van der Waals surface area contributed by atoms with Crippen LogP contribution in [0.4, 0.5) is 0 Å². The normalized spacial score (nSPS) is 17.9. The highest BCUT2D eigenvalue weighted by atomic mass is 14.9. The summed E-state index contributed by atoms with van der Waals surface area (Å²) in [4.78, 5) is 4.03. The van der Waals surface area contributed by atoms with Crippen molar-refractivity contribution >= 4 is 6.21 Å². The highest BCUT2D eigenvalue weighted by Crippen LogP contribution is 1.98. The fourth-order valence-electron chi connectivity index (χ4n) is 0.694. The quantitative estimate of drug-likeness (QED) is 0.524. The van der Waals surface area contributed by atoms with Gasteiger partial charge >= 0.3 is 0 Å². The van der Waals surface area contributed by atoms with Crippen molar-refractivity contribution in [1.29, 1.82) is 0 Å². The average Bonchev–Trinajstić information content (AvgIpc) is 1.90. The smallest absolute Gasteiger partial charge is 0.0443 e. The molecule has 44 valence electrons. The van der Waals surface area contributed by atoms with Gasteiger partial charge in [0.25, 0.3) is 0 Å². The van der Waals surface area contributed by atoms with E-state index in [1.807, 2.05) is 19.3 Å². The Balaban J connectivity index is 2.50. The van der Waals surface area contributed by atoms with Crippen LogP contribution >= 0.6 is 0 Å². The van der Waals surface area contributed by atoms with Gasteiger partial charge in [-0.15, -0.1) is 0 Å². The summed E-state index contributed by atoms with van der Waals surface area (Å²) in [5, 5.41) is 3.07. The largest absolute Gasteiger partial charge is 0.391 e. The number of dihydropyridines is 1. The molecule has 1 N–H and O–H groups in total. The summed E-state index contributed by atoms with van der Waals surface area (Å²) in [5.74, 6) is 0. The van der Waals surface area contributed by atoms with E-state index in [9.17, 15) is 0 Å². The lowest BCUT2D eigenvalue weighted by molar-refractivity contribution is 0.838. The van der Waals surface area contributed by atoms with Gasteiger partial charge in [0.05, 0.1) is 0 Å². The van der Waals surface area contributed by atoms with Gasteiger partial charge in [-0.05, 0) is 6.08 Å². The summed E-state index contributed by atoms with van der Waals surface area (Å²) in [5.41, 5.74) is 1.28. The van der Waals surface area contributed by atoms with Crippen LogP contribution in [0.2, 0.25) is 0 Å². The Morgan fingerprint density at radius 3 is 3.00 bits per heavy atom. The van der Waals surface area contributed by atoms with E-state index in [-0.39, 0.29) is 0 Å². The van der Waals surface area contributed by atoms with Crippen molar-refractivity contribution in [3.63, 3.8) is 0 Å². The van der Waals surface area contributed by atoms with Gasteiger partial charge in [0.15, 0.2) is 0 Å². The number of aliphatic imine (C=N–C) groups is 1. The lowest BCUT2D eigenvalue weighted by atomic mass is 10.2. The molecule has 1 aliphatic heterocycles. The van der Waals surface area contributed by atoms with E-state index >= 15 is 0 Å². The molecule has 0 aromatic heterocycles. The molecule has 0 aromatic rings. The van der Waals surface area contributed by atoms with Gasteiger partial charge in [-0.1, -0.05) is 0 Å². The first-order chi connectivity index (χ1) is 3.93. The first kappa shape index (κ1) is 5.35. The zero-order chi connectivity index (χ0) is 5.82. The Morgan fingerprint density at radius 1 is 1.75 bits per heavy atom. The molecule has 0 atom stereocenters. The molecule has 1 aliphatic rings. The van der Waals surface area contributed by atoms with Crippen LogP contribution in [0.5, 0.6) is 0 Å². The predicted molar refractivity (Wildman–Crippen MR) is 35.1 cm³/mol. The minimum atomic E-state index is 0.937. The van der Waals surface area contributed by atoms with E-state index in [2.05, 4.69) is 10.3 Å². The maximum Gasteiger partial charge on any atom is 0.0443 e. The second-order valence-electron chi connectivity index (χ2n) is 1.75. The zero-order valence-corrected chi connectivity index (χ0v) is 5.02. The monoisotopic (exact) mass is 110 g/mol. The molecular formula is C6H10N2. The lowest BCUT2D eigenvalue weighted by Gasteiger charge is -2.05. The summed E-state index contributed by atoms with van der Waals surface area (Å²) in [7, 11) is 1.94.